The van der Waals surface area contributed by atoms with Crippen LogP contribution in [0.5, 0.6) is 0 Å². The van der Waals surface area contributed by atoms with Gasteiger partial charge in [0.05, 0.1) is 4.92 Å². The van der Waals surface area contributed by atoms with E-state index in [0.29, 0.717) is 6.07 Å². The van der Waals surface area contributed by atoms with E-state index in [1.807, 2.05) is 23.8 Å². The molecule has 1 aromatic heterocycles. The number of nitrogens with one attached hydrogen (secondary N) is 1. The van der Waals surface area contributed by atoms with Crippen molar-refractivity contribution in [2.24, 2.45) is 0 Å². The summed E-state index contributed by atoms with van der Waals surface area (Å²) in [6.07, 6.45) is 0.772. The molecule has 1 unspecified atom stereocenters. The van der Waals surface area contributed by atoms with E-state index in [1.165, 1.54) is 5.56 Å². The monoisotopic (exact) mass is 312 g/mol. The topological polar surface area (TPSA) is 55.2 Å². The minimum atomic E-state index is -1.16. The fourth-order valence-corrected chi connectivity index (χ4v) is 2.66. The third-order valence-electron chi connectivity index (χ3n) is 3.08. The Kier molecular flexibility index (Phi) is 4.98. The smallest absolute Gasteiger partial charge is 0.305 e. The van der Waals surface area contributed by atoms with Crippen LogP contribution in [-0.4, -0.2) is 11.0 Å². The second kappa shape index (κ2) is 6.73. The zero-order valence-corrected chi connectivity index (χ0v) is 12.1. The minimum Gasteiger partial charge on any atom is -0.310 e. The Balaban J connectivity index is 2.02. The predicted octanol–water partition coefficient (Wildman–Crippen LogP) is 3.66. The zero-order chi connectivity index (χ0) is 15.4. The van der Waals surface area contributed by atoms with Gasteiger partial charge in [-0.05, 0) is 35.7 Å². The summed E-state index contributed by atoms with van der Waals surface area (Å²) < 4.78 is 26.9. The van der Waals surface area contributed by atoms with E-state index >= 15 is 0 Å². The molecule has 0 aliphatic rings. The maximum Gasteiger partial charge on any atom is 0.305 e. The number of hydrogen-bond acceptors (Lipinski definition) is 4. The normalized spacial score (nSPS) is 12.3. The first-order chi connectivity index (χ1) is 9.97. The predicted molar refractivity (Wildman–Crippen MR) is 77.3 cm³/mol. The van der Waals surface area contributed by atoms with Gasteiger partial charge in [0.15, 0.2) is 0 Å². The highest BCUT2D eigenvalue weighted by atomic mass is 32.1. The molecule has 0 bridgehead atoms. The summed E-state index contributed by atoms with van der Waals surface area (Å²) in [4.78, 5) is 9.80. The van der Waals surface area contributed by atoms with E-state index in [-0.39, 0.29) is 18.2 Å². The molecule has 7 heteroatoms. The van der Waals surface area contributed by atoms with E-state index in [4.69, 9.17) is 0 Å². The van der Waals surface area contributed by atoms with E-state index in [9.17, 15) is 18.9 Å². The van der Waals surface area contributed by atoms with Crippen LogP contribution in [0.2, 0.25) is 0 Å². The molecule has 0 radical (unpaired) electrons. The summed E-state index contributed by atoms with van der Waals surface area (Å²) in [5.74, 6) is -1.94. The second-order valence-corrected chi connectivity index (χ2v) is 5.55. The molecular formula is C14H14F2N2O2S. The minimum absolute atomic E-state index is 0.0723. The number of hydrogen-bond donors (Lipinski definition) is 1. The average molecular weight is 312 g/mol. The Bertz CT molecular complexity index is 632. The lowest BCUT2D eigenvalue weighted by Crippen LogP contribution is -2.27. The van der Waals surface area contributed by atoms with Gasteiger partial charge in [-0.3, -0.25) is 10.1 Å². The Labute approximate surface area is 124 Å². The summed E-state index contributed by atoms with van der Waals surface area (Å²) >= 11 is 1.60. The lowest BCUT2D eigenvalue weighted by atomic mass is 10.1. The maximum atomic E-state index is 13.6. The van der Waals surface area contributed by atoms with Crippen LogP contribution < -0.4 is 5.32 Å². The molecule has 0 fully saturated rings. The van der Waals surface area contributed by atoms with Crippen molar-refractivity contribution in [3.63, 3.8) is 0 Å². The van der Waals surface area contributed by atoms with Gasteiger partial charge in [0.2, 0.25) is 5.82 Å². The molecule has 1 N–H and O–H groups in total. The Morgan fingerprint density at radius 2 is 2.14 bits per heavy atom. The van der Waals surface area contributed by atoms with Gasteiger partial charge in [0, 0.05) is 30.3 Å². The molecule has 1 aromatic carbocycles. The molecule has 0 aliphatic heterocycles. The molecule has 0 saturated carbocycles. The Morgan fingerprint density at radius 3 is 2.76 bits per heavy atom. The largest absolute Gasteiger partial charge is 0.310 e. The molecule has 4 nitrogen and oxygen atoms in total. The zero-order valence-electron chi connectivity index (χ0n) is 11.3. The van der Waals surface area contributed by atoms with Gasteiger partial charge >= 0.3 is 5.69 Å². The van der Waals surface area contributed by atoms with Crippen molar-refractivity contribution in [1.29, 1.82) is 0 Å². The van der Waals surface area contributed by atoms with Crippen LogP contribution in [0.1, 0.15) is 18.1 Å². The molecule has 2 aromatic rings. The number of nitro benzene ring substituents is 1. The summed E-state index contributed by atoms with van der Waals surface area (Å²) in [5, 5.41) is 17.7. The standard InChI is InChI=1S/C14H14F2N2O2S/c1-9(4-10-2-3-21-8-10)17-7-11-5-14(18(19)20)13(16)6-12(11)15/h2-3,5-6,8-9,17H,4,7H2,1H3. The molecule has 1 atom stereocenters. The lowest BCUT2D eigenvalue weighted by molar-refractivity contribution is -0.387. The lowest BCUT2D eigenvalue weighted by Gasteiger charge is -2.13. The number of nitro groups is 1. The first-order valence-electron chi connectivity index (χ1n) is 6.34. The molecule has 0 saturated heterocycles. The fraction of sp³-hybridized carbons (Fsp3) is 0.286. The highest BCUT2D eigenvalue weighted by Crippen LogP contribution is 2.21. The summed E-state index contributed by atoms with van der Waals surface area (Å²) in [6.45, 7) is 2.05. The Hall–Kier alpha value is -1.86. The van der Waals surface area contributed by atoms with Gasteiger partial charge in [0.25, 0.3) is 0 Å². The quantitative estimate of drug-likeness (QED) is 0.654. The van der Waals surface area contributed by atoms with E-state index in [2.05, 4.69) is 5.32 Å². The van der Waals surface area contributed by atoms with E-state index in [1.54, 1.807) is 11.3 Å². The molecule has 2 rings (SSSR count). The van der Waals surface area contributed by atoms with Crippen molar-refractivity contribution in [2.45, 2.75) is 25.9 Å². The van der Waals surface area contributed by atoms with Crippen molar-refractivity contribution >= 4 is 17.0 Å². The third-order valence-corrected chi connectivity index (χ3v) is 3.81. The number of halogens is 2. The summed E-state index contributed by atoms with van der Waals surface area (Å²) in [5.41, 5.74) is 0.546. The van der Waals surface area contributed by atoms with Crippen LogP contribution in [-0.2, 0) is 13.0 Å². The number of thiophene rings is 1. The first kappa shape index (κ1) is 15.5. The van der Waals surface area contributed by atoms with Crippen molar-refractivity contribution in [1.82, 2.24) is 5.32 Å². The fourth-order valence-electron chi connectivity index (χ4n) is 1.97. The van der Waals surface area contributed by atoms with Gasteiger partial charge in [-0.25, -0.2) is 4.39 Å². The van der Waals surface area contributed by atoms with Crippen molar-refractivity contribution < 1.29 is 13.7 Å². The van der Waals surface area contributed by atoms with Crippen LogP contribution >= 0.6 is 11.3 Å². The van der Waals surface area contributed by atoms with Gasteiger partial charge in [-0.2, -0.15) is 15.7 Å². The molecule has 1 heterocycles. The highest BCUT2D eigenvalue weighted by molar-refractivity contribution is 7.07. The van der Waals surface area contributed by atoms with E-state index < -0.39 is 22.2 Å². The van der Waals surface area contributed by atoms with Crippen LogP contribution in [0, 0.1) is 21.7 Å². The number of rotatable bonds is 6. The maximum absolute atomic E-state index is 13.6. The molecule has 0 aliphatic carbocycles. The van der Waals surface area contributed by atoms with Gasteiger partial charge in [-0.1, -0.05) is 0 Å². The summed E-state index contributed by atoms with van der Waals surface area (Å²) in [6, 6.07) is 3.57. The average Bonchev–Trinajstić information content (AvgIpc) is 2.90. The molecule has 0 spiro atoms. The van der Waals surface area contributed by atoms with Crippen LogP contribution in [0.4, 0.5) is 14.5 Å². The first-order valence-corrected chi connectivity index (χ1v) is 7.28. The van der Waals surface area contributed by atoms with Crippen LogP contribution in [0.3, 0.4) is 0 Å². The SMILES string of the molecule is CC(Cc1ccsc1)NCc1cc([N+](=O)[O-])c(F)cc1F. The van der Waals surface area contributed by atoms with Crippen LogP contribution in [0.25, 0.3) is 0 Å². The second-order valence-electron chi connectivity index (χ2n) is 4.77. The number of benzene rings is 1. The van der Waals surface area contributed by atoms with Crippen molar-refractivity contribution in [2.75, 3.05) is 0 Å². The number of nitrogens with zero attached hydrogens (tertiary/aromatic N) is 1. The van der Waals surface area contributed by atoms with Gasteiger partial charge in [-0.15, -0.1) is 0 Å². The van der Waals surface area contributed by atoms with Gasteiger partial charge in [0.1, 0.15) is 5.82 Å². The molecule has 0 amide bonds. The molecule has 21 heavy (non-hydrogen) atoms. The van der Waals surface area contributed by atoms with Crippen LogP contribution in [0.15, 0.2) is 29.0 Å². The third kappa shape index (κ3) is 4.05. The van der Waals surface area contributed by atoms with Crippen molar-refractivity contribution in [3.05, 3.63) is 61.8 Å². The highest BCUT2D eigenvalue weighted by Gasteiger charge is 2.18. The van der Waals surface area contributed by atoms with Gasteiger partial charge < -0.3 is 5.32 Å². The Morgan fingerprint density at radius 1 is 1.38 bits per heavy atom. The van der Waals surface area contributed by atoms with Crippen molar-refractivity contribution in [3.8, 4) is 0 Å². The molecule has 112 valence electrons. The summed E-state index contributed by atoms with van der Waals surface area (Å²) in [7, 11) is 0. The molecular weight excluding hydrogens is 298 g/mol. The van der Waals surface area contributed by atoms with E-state index in [0.717, 1.165) is 12.5 Å².